The number of benzene rings is 2. The van der Waals surface area contributed by atoms with E-state index in [0.717, 1.165) is 27.2 Å². The van der Waals surface area contributed by atoms with Crippen LogP contribution in [-0.2, 0) is 14.3 Å². The molecule has 2 amide bonds. The number of alkyl carbamates (subject to hydrolysis) is 1. The third kappa shape index (κ3) is 4.34. The summed E-state index contributed by atoms with van der Waals surface area (Å²) in [6, 6.07) is 15.8. The summed E-state index contributed by atoms with van der Waals surface area (Å²) in [6.07, 6.45) is -0.724. The summed E-state index contributed by atoms with van der Waals surface area (Å²) in [5, 5.41) is 11.5. The highest BCUT2D eigenvalue weighted by Gasteiger charge is 2.54. The van der Waals surface area contributed by atoms with Gasteiger partial charge in [0.1, 0.15) is 12.5 Å². The number of ether oxygens (including phenoxy) is 1. The van der Waals surface area contributed by atoms with Crippen molar-refractivity contribution < 1.29 is 33.0 Å². The molecule has 1 aliphatic heterocycles. The van der Waals surface area contributed by atoms with Crippen LogP contribution in [0.2, 0.25) is 0 Å². The standard InChI is InChI=1S/C25H26F2N2O5/c1-24(2,22(32)29-11-20(21(30)31)25(26,27)14-29)13-28-23(33)34-12-19-17-9-5-3-7-15(17)16-8-4-6-10-18(16)19/h3-10,19-20H,11-14H2,1-2H3,(H,28,33)(H,30,31). The lowest BCUT2D eigenvalue weighted by Gasteiger charge is -2.29. The molecule has 9 heteroatoms. The molecule has 1 atom stereocenters. The van der Waals surface area contributed by atoms with Crippen LogP contribution in [0.1, 0.15) is 30.9 Å². The average molecular weight is 472 g/mol. The average Bonchev–Trinajstić information content (AvgIpc) is 3.30. The Morgan fingerprint density at radius 1 is 1.09 bits per heavy atom. The summed E-state index contributed by atoms with van der Waals surface area (Å²) in [5.41, 5.74) is 3.10. The van der Waals surface area contributed by atoms with Crippen molar-refractivity contribution in [3.63, 3.8) is 0 Å². The van der Waals surface area contributed by atoms with Crippen molar-refractivity contribution in [1.29, 1.82) is 0 Å². The molecule has 0 spiro atoms. The fraction of sp³-hybridized carbons (Fsp3) is 0.400. The number of aliphatic carboxylic acids is 1. The maximum absolute atomic E-state index is 14.0. The number of halogens is 2. The molecule has 0 bridgehead atoms. The van der Waals surface area contributed by atoms with Gasteiger partial charge in [-0.2, -0.15) is 0 Å². The van der Waals surface area contributed by atoms with Crippen LogP contribution < -0.4 is 5.32 Å². The predicted octanol–water partition coefficient (Wildman–Crippen LogP) is 3.73. The number of rotatable bonds is 6. The number of nitrogens with zero attached hydrogens (tertiary/aromatic N) is 1. The van der Waals surface area contributed by atoms with Crippen LogP contribution in [0, 0.1) is 11.3 Å². The van der Waals surface area contributed by atoms with Crippen molar-refractivity contribution in [3.05, 3.63) is 59.7 Å². The van der Waals surface area contributed by atoms with Gasteiger partial charge in [0.05, 0.1) is 12.0 Å². The predicted molar refractivity (Wildman–Crippen MR) is 120 cm³/mol. The Bertz CT molecular complexity index is 1090. The lowest BCUT2D eigenvalue weighted by molar-refractivity contribution is -0.151. The van der Waals surface area contributed by atoms with Gasteiger partial charge in [-0.3, -0.25) is 9.59 Å². The minimum absolute atomic E-state index is 0.104. The van der Waals surface area contributed by atoms with Crippen molar-refractivity contribution in [2.45, 2.75) is 25.7 Å². The molecule has 2 N–H and O–H groups in total. The van der Waals surface area contributed by atoms with E-state index in [9.17, 15) is 23.2 Å². The Morgan fingerprint density at radius 2 is 1.65 bits per heavy atom. The number of hydrogen-bond donors (Lipinski definition) is 2. The molecule has 180 valence electrons. The van der Waals surface area contributed by atoms with Crippen molar-refractivity contribution in [3.8, 4) is 11.1 Å². The van der Waals surface area contributed by atoms with E-state index < -0.39 is 48.3 Å². The van der Waals surface area contributed by atoms with E-state index in [-0.39, 0.29) is 19.1 Å². The van der Waals surface area contributed by atoms with Gasteiger partial charge in [-0.25, -0.2) is 13.6 Å². The molecular weight excluding hydrogens is 446 g/mol. The van der Waals surface area contributed by atoms with Gasteiger partial charge in [0, 0.05) is 19.0 Å². The lowest BCUT2D eigenvalue weighted by Crippen LogP contribution is -2.47. The van der Waals surface area contributed by atoms with Gasteiger partial charge in [0.25, 0.3) is 5.92 Å². The first-order chi connectivity index (χ1) is 16.0. The molecule has 0 saturated carbocycles. The Labute approximate surface area is 195 Å². The molecule has 2 aromatic rings. The molecule has 0 radical (unpaired) electrons. The van der Waals surface area contributed by atoms with Gasteiger partial charge < -0.3 is 20.1 Å². The molecule has 2 aliphatic rings. The molecule has 34 heavy (non-hydrogen) atoms. The van der Waals surface area contributed by atoms with Crippen molar-refractivity contribution in [1.82, 2.24) is 10.2 Å². The van der Waals surface area contributed by atoms with Crippen LogP contribution in [0.15, 0.2) is 48.5 Å². The highest BCUT2D eigenvalue weighted by atomic mass is 19.3. The van der Waals surface area contributed by atoms with Crippen LogP contribution in [0.5, 0.6) is 0 Å². The Hall–Kier alpha value is -3.49. The number of carbonyl (C=O) groups excluding carboxylic acids is 2. The molecular formula is C25H26F2N2O5. The normalized spacial score (nSPS) is 18.8. The van der Waals surface area contributed by atoms with E-state index >= 15 is 0 Å². The number of carbonyl (C=O) groups is 3. The smallest absolute Gasteiger partial charge is 0.407 e. The number of carboxylic acid groups (broad SMARTS) is 1. The van der Waals surface area contributed by atoms with E-state index in [1.54, 1.807) is 0 Å². The summed E-state index contributed by atoms with van der Waals surface area (Å²) >= 11 is 0. The third-order valence-corrected chi connectivity index (χ3v) is 6.50. The topological polar surface area (TPSA) is 95.9 Å². The first kappa shape index (κ1) is 23.7. The van der Waals surface area contributed by atoms with Crippen LogP contribution in [0.3, 0.4) is 0 Å². The van der Waals surface area contributed by atoms with Gasteiger partial charge in [0.15, 0.2) is 0 Å². The molecule has 7 nitrogen and oxygen atoms in total. The van der Waals surface area contributed by atoms with Gasteiger partial charge >= 0.3 is 12.1 Å². The van der Waals surface area contributed by atoms with Crippen molar-refractivity contribution in [2.24, 2.45) is 11.3 Å². The van der Waals surface area contributed by atoms with Crippen LogP contribution >= 0.6 is 0 Å². The maximum Gasteiger partial charge on any atom is 0.407 e. The number of carboxylic acids is 1. The molecule has 1 fully saturated rings. The number of amides is 2. The molecule has 1 unspecified atom stereocenters. The maximum atomic E-state index is 14.0. The number of hydrogen-bond acceptors (Lipinski definition) is 4. The minimum Gasteiger partial charge on any atom is -0.481 e. The van der Waals surface area contributed by atoms with E-state index in [1.165, 1.54) is 13.8 Å². The molecule has 1 saturated heterocycles. The SMILES string of the molecule is CC(C)(CNC(=O)OCC1c2ccccc2-c2ccccc21)C(=O)N1CC(C(=O)O)C(F)(F)C1. The quantitative estimate of drug-likeness (QED) is 0.668. The number of nitrogens with one attached hydrogen (secondary N) is 1. The number of fused-ring (bicyclic) bond motifs is 3. The molecule has 2 aromatic carbocycles. The fourth-order valence-corrected chi connectivity index (χ4v) is 4.64. The second kappa shape index (κ2) is 8.70. The summed E-state index contributed by atoms with van der Waals surface area (Å²) in [5.74, 6) is -7.86. The first-order valence-electron chi connectivity index (χ1n) is 11.0. The van der Waals surface area contributed by atoms with E-state index in [2.05, 4.69) is 5.32 Å². The molecule has 4 rings (SSSR count). The lowest BCUT2D eigenvalue weighted by atomic mass is 9.91. The Kier molecular flexibility index (Phi) is 6.05. The molecule has 1 aliphatic carbocycles. The second-order valence-electron chi connectivity index (χ2n) is 9.40. The third-order valence-electron chi connectivity index (χ3n) is 6.50. The Balaban J connectivity index is 1.34. The van der Waals surface area contributed by atoms with Gasteiger partial charge in [0.2, 0.25) is 5.91 Å². The Morgan fingerprint density at radius 3 is 2.18 bits per heavy atom. The van der Waals surface area contributed by atoms with Crippen LogP contribution in [-0.4, -0.2) is 60.1 Å². The number of alkyl halides is 2. The molecule has 0 aromatic heterocycles. The minimum atomic E-state index is -3.50. The monoisotopic (exact) mass is 472 g/mol. The van der Waals surface area contributed by atoms with Crippen molar-refractivity contribution in [2.75, 3.05) is 26.2 Å². The van der Waals surface area contributed by atoms with Gasteiger partial charge in [-0.15, -0.1) is 0 Å². The largest absolute Gasteiger partial charge is 0.481 e. The van der Waals surface area contributed by atoms with Crippen LogP contribution in [0.25, 0.3) is 11.1 Å². The second-order valence-corrected chi connectivity index (χ2v) is 9.40. The molecule has 1 heterocycles. The van der Waals surface area contributed by atoms with E-state index in [0.29, 0.717) is 0 Å². The summed E-state index contributed by atoms with van der Waals surface area (Å²) in [4.78, 5) is 37.1. The highest BCUT2D eigenvalue weighted by molar-refractivity contribution is 5.85. The highest BCUT2D eigenvalue weighted by Crippen LogP contribution is 2.44. The zero-order valence-corrected chi connectivity index (χ0v) is 18.9. The van der Waals surface area contributed by atoms with E-state index in [4.69, 9.17) is 9.84 Å². The van der Waals surface area contributed by atoms with Crippen LogP contribution in [0.4, 0.5) is 13.6 Å². The summed E-state index contributed by atoms with van der Waals surface area (Å²) in [7, 11) is 0. The van der Waals surface area contributed by atoms with Gasteiger partial charge in [-0.05, 0) is 36.1 Å². The van der Waals surface area contributed by atoms with E-state index in [1.807, 2.05) is 48.5 Å². The first-order valence-corrected chi connectivity index (χ1v) is 11.0. The zero-order chi connectivity index (χ0) is 24.7. The van der Waals surface area contributed by atoms with Crippen molar-refractivity contribution >= 4 is 18.0 Å². The zero-order valence-electron chi connectivity index (χ0n) is 18.9. The van der Waals surface area contributed by atoms with Gasteiger partial charge in [-0.1, -0.05) is 48.5 Å². The summed E-state index contributed by atoms with van der Waals surface area (Å²) in [6.45, 7) is 1.43. The fourth-order valence-electron chi connectivity index (χ4n) is 4.64. The number of likely N-dealkylation sites (tertiary alicyclic amines) is 1. The summed E-state index contributed by atoms with van der Waals surface area (Å²) < 4.78 is 33.4.